The van der Waals surface area contributed by atoms with E-state index >= 15 is 0 Å². The van der Waals surface area contributed by atoms with Crippen LogP contribution in [0.25, 0.3) is 0 Å². The van der Waals surface area contributed by atoms with Crippen molar-refractivity contribution in [1.82, 2.24) is 0 Å². The fourth-order valence-electron chi connectivity index (χ4n) is 1.69. The highest BCUT2D eigenvalue weighted by atomic mass is 16.6. The van der Waals surface area contributed by atoms with E-state index in [1.165, 1.54) is 12.5 Å². The van der Waals surface area contributed by atoms with E-state index in [4.69, 9.17) is 0 Å². The molecule has 17 heavy (non-hydrogen) atoms. The number of hydrogen-bond donors (Lipinski definition) is 1. The van der Waals surface area contributed by atoms with Gasteiger partial charge in [0.25, 0.3) is 5.69 Å². The third kappa shape index (κ3) is 4.43. The Morgan fingerprint density at radius 2 is 2.12 bits per heavy atom. The molecule has 4 heteroatoms. The third-order valence-corrected chi connectivity index (χ3v) is 2.69. The first-order chi connectivity index (χ1) is 8.00. The predicted molar refractivity (Wildman–Crippen MR) is 70.4 cm³/mol. The molecule has 0 heterocycles. The fourth-order valence-corrected chi connectivity index (χ4v) is 1.69. The normalized spacial score (nSPS) is 10.6. The van der Waals surface area contributed by atoms with Crippen LogP contribution in [0.5, 0.6) is 0 Å². The first kappa shape index (κ1) is 13.5. The van der Waals surface area contributed by atoms with E-state index in [1.54, 1.807) is 12.1 Å². The molecule has 0 saturated carbocycles. The molecule has 0 atom stereocenters. The molecule has 1 rings (SSSR count). The molecule has 4 nitrogen and oxygen atoms in total. The van der Waals surface area contributed by atoms with Crippen molar-refractivity contribution < 1.29 is 4.92 Å². The molecule has 0 aliphatic carbocycles. The maximum atomic E-state index is 10.6. The maximum absolute atomic E-state index is 10.6. The van der Waals surface area contributed by atoms with Crippen LogP contribution in [-0.2, 0) is 0 Å². The Kier molecular flexibility index (Phi) is 4.94. The number of benzene rings is 1. The number of nitro benzene ring substituents is 1. The number of nitro groups is 1. The topological polar surface area (TPSA) is 55.2 Å². The summed E-state index contributed by atoms with van der Waals surface area (Å²) in [5.41, 5.74) is 2.05. The Hall–Kier alpha value is -1.58. The molecule has 1 N–H and O–H groups in total. The Bertz CT molecular complexity index is 389. The van der Waals surface area contributed by atoms with Crippen LogP contribution in [0.1, 0.15) is 32.3 Å². The molecule has 0 fully saturated rings. The minimum Gasteiger partial charge on any atom is -0.385 e. The first-order valence-electron chi connectivity index (χ1n) is 5.99. The number of nitrogens with one attached hydrogen (secondary N) is 1. The van der Waals surface area contributed by atoms with Crippen LogP contribution >= 0.6 is 0 Å². The highest BCUT2D eigenvalue weighted by Crippen LogP contribution is 2.21. The monoisotopic (exact) mass is 236 g/mol. The summed E-state index contributed by atoms with van der Waals surface area (Å²) in [6, 6.07) is 4.92. The predicted octanol–water partition coefficient (Wildman–Crippen LogP) is 3.75. The zero-order valence-electron chi connectivity index (χ0n) is 10.7. The van der Waals surface area contributed by atoms with Gasteiger partial charge in [-0.1, -0.05) is 13.8 Å². The molecule has 0 radical (unpaired) electrons. The molecule has 0 saturated heterocycles. The smallest absolute Gasteiger partial charge is 0.269 e. The van der Waals surface area contributed by atoms with Crippen LogP contribution in [0.3, 0.4) is 0 Å². The zero-order valence-corrected chi connectivity index (χ0v) is 10.7. The van der Waals surface area contributed by atoms with Crippen molar-refractivity contribution in [1.29, 1.82) is 0 Å². The molecular formula is C13H20N2O2. The van der Waals surface area contributed by atoms with Gasteiger partial charge < -0.3 is 5.32 Å². The Morgan fingerprint density at radius 1 is 1.41 bits per heavy atom. The number of aryl methyl sites for hydroxylation is 1. The molecule has 0 unspecified atom stereocenters. The molecule has 0 bridgehead atoms. The van der Waals surface area contributed by atoms with Gasteiger partial charge in [0, 0.05) is 24.4 Å². The zero-order chi connectivity index (χ0) is 12.8. The van der Waals surface area contributed by atoms with Gasteiger partial charge in [0.15, 0.2) is 0 Å². The molecule has 0 amide bonds. The molecule has 0 aliphatic rings. The van der Waals surface area contributed by atoms with E-state index in [1.807, 2.05) is 6.92 Å². The quantitative estimate of drug-likeness (QED) is 0.465. The minimum atomic E-state index is -0.366. The van der Waals surface area contributed by atoms with E-state index in [0.29, 0.717) is 0 Å². The molecule has 0 aliphatic heterocycles. The van der Waals surface area contributed by atoms with Gasteiger partial charge in [0.2, 0.25) is 0 Å². The molecule has 0 aromatic heterocycles. The average Bonchev–Trinajstić information content (AvgIpc) is 2.25. The van der Waals surface area contributed by atoms with Crippen molar-refractivity contribution >= 4 is 11.4 Å². The van der Waals surface area contributed by atoms with Gasteiger partial charge in [-0.25, -0.2) is 0 Å². The summed E-state index contributed by atoms with van der Waals surface area (Å²) in [7, 11) is 0. The van der Waals surface area contributed by atoms with Gasteiger partial charge in [0.05, 0.1) is 4.92 Å². The van der Waals surface area contributed by atoms with Crippen molar-refractivity contribution in [2.75, 3.05) is 11.9 Å². The molecule has 94 valence electrons. The highest BCUT2D eigenvalue weighted by molar-refractivity contribution is 5.55. The molecule has 0 spiro atoms. The van der Waals surface area contributed by atoms with Gasteiger partial charge >= 0.3 is 0 Å². The minimum absolute atomic E-state index is 0.148. The standard InChI is InChI=1S/C13H20N2O2/c1-10(2)5-4-8-14-13-7-6-12(15(16)17)9-11(13)3/h6-7,9-10,14H,4-5,8H2,1-3H3. The lowest BCUT2D eigenvalue weighted by Gasteiger charge is -2.10. The van der Waals surface area contributed by atoms with Crippen LogP contribution in [0.2, 0.25) is 0 Å². The van der Waals surface area contributed by atoms with Gasteiger partial charge in [0.1, 0.15) is 0 Å². The first-order valence-corrected chi connectivity index (χ1v) is 5.99. The van der Waals surface area contributed by atoms with Gasteiger partial charge in [-0.05, 0) is 37.3 Å². The number of hydrogen-bond acceptors (Lipinski definition) is 3. The molecule has 1 aromatic rings. The van der Waals surface area contributed by atoms with Crippen LogP contribution in [0, 0.1) is 23.0 Å². The van der Waals surface area contributed by atoms with Crippen LogP contribution in [0.4, 0.5) is 11.4 Å². The lowest BCUT2D eigenvalue weighted by molar-refractivity contribution is -0.384. The van der Waals surface area contributed by atoms with Gasteiger partial charge in [-0.3, -0.25) is 10.1 Å². The number of anilines is 1. The summed E-state index contributed by atoms with van der Waals surface area (Å²) in [6.07, 6.45) is 2.31. The number of nitrogens with zero attached hydrogens (tertiary/aromatic N) is 1. The Balaban J connectivity index is 2.52. The van der Waals surface area contributed by atoms with E-state index in [9.17, 15) is 10.1 Å². The van der Waals surface area contributed by atoms with E-state index in [0.717, 1.165) is 30.1 Å². The summed E-state index contributed by atoms with van der Waals surface area (Å²) in [6.45, 7) is 7.21. The van der Waals surface area contributed by atoms with Gasteiger partial charge in [-0.15, -0.1) is 0 Å². The summed E-state index contributed by atoms with van der Waals surface area (Å²) in [4.78, 5) is 10.2. The van der Waals surface area contributed by atoms with Crippen molar-refractivity contribution in [3.05, 3.63) is 33.9 Å². The third-order valence-electron chi connectivity index (χ3n) is 2.69. The van der Waals surface area contributed by atoms with Gasteiger partial charge in [-0.2, -0.15) is 0 Å². The number of non-ortho nitro benzene ring substituents is 1. The maximum Gasteiger partial charge on any atom is 0.269 e. The Labute approximate surface area is 102 Å². The summed E-state index contributed by atoms with van der Waals surface area (Å²) >= 11 is 0. The van der Waals surface area contributed by atoms with E-state index in [2.05, 4.69) is 19.2 Å². The van der Waals surface area contributed by atoms with Crippen molar-refractivity contribution in [3.8, 4) is 0 Å². The van der Waals surface area contributed by atoms with Crippen molar-refractivity contribution in [2.45, 2.75) is 33.6 Å². The highest BCUT2D eigenvalue weighted by Gasteiger charge is 2.07. The second-order valence-electron chi connectivity index (χ2n) is 4.72. The van der Waals surface area contributed by atoms with E-state index < -0.39 is 0 Å². The average molecular weight is 236 g/mol. The fraction of sp³-hybridized carbons (Fsp3) is 0.538. The van der Waals surface area contributed by atoms with Crippen LogP contribution < -0.4 is 5.32 Å². The second kappa shape index (κ2) is 6.23. The summed E-state index contributed by atoms with van der Waals surface area (Å²) < 4.78 is 0. The largest absolute Gasteiger partial charge is 0.385 e. The van der Waals surface area contributed by atoms with E-state index in [-0.39, 0.29) is 10.6 Å². The second-order valence-corrected chi connectivity index (χ2v) is 4.72. The SMILES string of the molecule is Cc1cc([N+](=O)[O-])ccc1NCCCC(C)C. The van der Waals surface area contributed by atoms with Crippen LogP contribution in [0.15, 0.2) is 18.2 Å². The summed E-state index contributed by atoms with van der Waals surface area (Å²) in [5.74, 6) is 0.717. The molecule has 1 aromatic carbocycles. The Morgan fingerprint density at radius 3 is 2.65 bits per heavy atom. The number of rotatable bonds is 6. The molecular weight excluding hydrogens is 216 g/mol. The lowest BCUT2D eigenvalue weighted by atomic mass is 10.1. The lowest BCUT2D eigenvalue weighted by Crippen LogP contribution is -2.04. The van der Waals surface area contributed by atoms with Crippen LogP contribution in [-0.4, -0.2) is 11.5 Å². The van der Waals surface area contributed by atoms with Crippen molar-refractivity contribution in [3.63, 3.8) is 0 Å². The van der Waals surface area contributed by atoms with Crippen molar-refractivity contribution in [2.24, 2.45) is 5.92 Å². The summed E-state index contributed by atoms with van der Waals surface area (Å²) in [5, 5.41) is 13.9.